The van der Waals surface area contributed by atoms with Gasteiger partial charge >= 0.3 is 29.8 Å². The fourth-order valence-electron chi connectivity index (χ4n) is 1.65. The van der Waals surface area contributed by atoms with Crippen molar-refractivity contribution in [3.05, 3.63) is 0 Å². The van der Waals surface area contributed by atoms with Crippen molar-refractivity contribution < 1.29 is 50.1 Å². The molecule has 4 nitrogen and oxygen atoms in total. The molecule has 0 spiro atoms. The van der Waals surface area contributed by atoms with E-state index in [-0.39, 0.29) is 6.42 Å². The van der Waals surface area contributed by atoms with Crippen molar-refractivity contribution in [2.24, 2.45) is 5.92 Å². The second-order valence-corrected chi connectivity index (χ2v) is 4.94. The number of esters is 1. The maximum absolute atomic E-state index is 13.8. The molecule has 1 aliphatic rings. The summed E-state index contributed by atoms with van der Waals surface area (Å²) in [5.41, 5.74) is 0. The molecule has 22 heavy (non-hydrogen) atoms. The van der Waals surface area contributed by atoms with Gasteiger partial charge in [0.25, 0.3) is 0 Å². The summed E-state index contributed by atoms with van der Waals surface area (Å²) in [5.74, 6) is -18.0. The molecule has 0 aromatic rings. The Morgan fingerprint density at radius 3 is 2.27 bits per heavy atom. The second kappa shape index (κ2) is 5.52. The van der Waals surface area contributed by atoms with Crippen LogP contribution in [0.2, 0.25) is 0 Å². The minimum Gasteiger partial charge on any atom is -0.449 e. The number of hydrogen-bond donors (Lipinski definition) is 1. The van der Waals surface area contributed by atoms with Gasteiger partial charge in [-0.1, -0.05) is 13.8 Å². The van der Waals surface area contributed by atoms with Crippen molar-refractivity contribution in [1.29, 1.82) is 0 Å². The fourth-order valence-corrected chi connectivity index (χ4v) is 1.65. The zero-order valence-corrected chi connectivity index (χ0v) is 11.4. The highest BCUT2D eigenvalue weighted by Gasteiger charge is 2.81. The van der Waals surface area contributed by atoms with Crippen LogP contribution in [0.1, 0.15) is 20.3 Å². The van der Waals surface area contributed by atoms with E-state index in [1.165, 1.54) is 6.92 Å². The average Bonchev–Trinajstić information content (AvgIpc) is 2.37. The quantitative estimate of drug-likeness (QED) is 0.633. The first kappa shape index (κ1) is 18.9. The molecule has 1 heterocycles. The number of hydrogen-bond acceptors (Lipinski definition) is 4. The summed E-state index contributed by atoms with van der Waals surface area (Å²) >= 11 is 0. The summed E-state index contributed by atoms with van der Waals surface area (Å²) in [6.07, 6.45) is -9.85. The number of halogens is 7. The molecule has 1 rings (SSSR count). The number of carbonyl (C=O) groups is 1. The van der Waals surface area contributed by atoms with Crippen molar-refractivity contribution in [3.63, 3.8) is 0 Å². The lowest BCUT2D eigenvalue weighted by Crippen LogP contribution is -2.74. The molecular formula is C11H13F7O4. The van der Waals surface area contributed by atoms with Crippen molar-refractivity contribution in [1.82, 2.24) is 0 Å². The zero-order valence-electron chi connectivity index (χ0n) is 11.4. The number of ether oxygens (including phenoxy) is 2. The molecule has 0 aromatic carbocycles. The standard InChI is InChI=1S/C11H13F7O4/c1-3-5(2)6(19)22-7-8(12,13)4-21-10(20,9(7,14)15)11(16,17)18/h5,7,20H,3-4H2,1-2H3. The Morgan fingerprint density at radius 2 is 1.86 bits per heavy atom. The monoisotopic (exact) mass is 342 g/mol. The molecule has 11 heteroatoms. The molecule has 3 atom stereocenters. The van der Waals surface area contributed by atoms with Crippen molar-refractivity contribution in [3.8, 4) is 0 Å². The van der Waals surface area contributed by atoms with Crippen molar-refractivity contribution in [2.45, 2.75) is 50.2 Å². The molecule has 0 bridgehead atoms. The lowest BCUT2D eigenvalue weighted by Gasteiger charge is -2.46. The van der Waals surface area contributed by atoms with E-state index >= 15 is 0 Å². The molecule has 3 unspecified atom stereocenters. The predicted molar refractivity (Wildman–Crippen MR) is 56.2 cm³/mol. The van der Waals surface area contributed by atoms with Gasteiger partial charge in [-0.15, -0.1) is 0 Å². The summed E-state index contributed by atoms with van der Waals surface area (Å²) < 4.78 is 99.4. The lowest BCUT2D eigenvalue weighted by atomic mass is 9.93. The van der Waals surface area contributed by atoms with Crippen molar-refractivity contribution >= 4 is 5.97 Å². The number of aliphatic hydroxyl groups is 1. The van der Waals surface area contributed by atoms with E-state index < -0.39 is 48.4 Å². The molecule has 1 N–H and O–H groups in total. The summed E-state index contributed by atoms with van der Waals surface area (Å²) in [6, 6.07) is 0. The van der Waals surface area contributed by atoms with E-state index in [0.717, 1.165) is 6.92 Å². The number of rotatable bonds is 3. The van der Waals surface area contributed by atoms with Crippen LogP contribution in [-0.4, -0.2) is 47.6 Å². The van der Waals surface area contributed by atoms with Gasteiger partial charge in [-0.2, -0.15) is 30.7 Å². The van der Waals surface area contributed by atoms with Gasteiger partial charge in [-0.3, -0.25) is 4.79 Å². The van der Waals surface area contributed by atoms with Gasteiger partial charge in [-0.25, -0.2) is 0 Å². The topological polar surface area (TPSA) is 55.8 Å². The molecule has 1 aliphatic heterocycles. The van der Waals surface area contributed by atoms with E-state index in [4.69, 9.17) is 5.11 Å². The van der Waals surface area contributed by atoms with Crippen LogP contribution in [0.4, 0.5) is 30.7 Å². The van der Waals surface area contributed by atoms with E-state index in [2.05, 4.69) is 9.47 Å². The first-order chi connectivity index (χ1) is 9.70. The van der Waals surface area contributed by atoms with Crippen LogP contribution >= 0.6 is 0 Å². The maximum Gasteiger partial charge on any atom is 0.449 e. The highest BCUT2D eigenvalue weighted by Crippen LogP contribution is 2.52. The highest BCUT2D eigenvalue weighted by molar-refractivity contribution is 5.72. The van der Waals surface area contributed by atoms with Crippen LogP contribution in [0.3, 0.4) is 0 Å². The molecule has 0 aliphatic carbocycles. The molecule has 1 saturated heterocycles. The molecule has 0 radical (unpaired) electrons. The highest BCUT2D eigenvalue weighted by atomic mass is 19.4. The molecule has 1 fully saturated rings. The normalized spacial score (nSPS) is 32.4. The average molecular weight is 342 g/mol. The Kier molecular flexibility index (Phi) is 4.75. The van der Waals surface area contributed by atoms with Crippen molar-refractivity contribution in [2.75, 3.05) is 6.61 Å². The largest absolute Gasteiger partial charge is 0.449 e. The van der Waals surface area contributed by atoms with E-state index in [1.807, 2.05) is 0 Å². The fraction of sp³-hybridized carbons (Fsp3) is 0.909. The first-order valence-corrected chi connectivity index (χ1v) is 6.10. The second-order valence-electron chi connectivity index (χ2n) is 4.94. The van der Waals surface area contributed by atoms with Gasteiger partial charge in [0.1, 0.15) is 6.61 Å². The van der Waals surface area contributed by atoms with Crippen LogP contribution in [-0.2, 0) is 14.3 Å². The summed E-state index contributed by atoms with van der Waals surface area (Å²) in [4.78, 5) is 11.4. The molecular weight excluding hydrogens is 329 g/mol. The molecule has 0 saturated carbocycles. The molecule has 130 valence electrons. The van der Waals surface area contributed by atoms with Gasteiger partial charge in [0.05, 0.1) is 5.92 Å². The SMILES string of the molecule is CCC(C)C(=O)OC1C(F)(F)COC(O)(C(F)(F)F)C1(F)F. The minimum absolute atomic E-state index is 0.0305. The summed E-state index contributed by atoms with van der Waals surface area (Å²) in [7, 11) is 0. The zero-order chi connectivity index (χ0) is 17.6. The first-order valence-electron chi connectivity index (χ1n) is 6.10. The van der Waals surface area contributed by atoms with E-state index in [0.29, 0.717) is 0 Å². The van der Waals surface area contributed by atoms with Gasteiger partial charge in [0, 0.05) is 0 Å². The Balaban J connectivity index is 3.22. The Morgan fingerprint density at radius 1 is 1.36 bits per heavy atom. The van der Waals surface area contributed by atoms with Gasteiger partial charge in [0.15, 0.2) is 0 Å². The van der Waals surface area contributed by atoms with E-state index in [9.17, 15) is 35.5 Å². The predicted octanol–water partition coefficient (Wildman–Crippen LogP) is 2.50. The Bertz CT molecular complexity index is 437. The van der Waals surface area contributed by atoms with Crippen LogP contribution in [0.15, 0.2) is 0 Å². The smallest absolute Gasteiger partial charge is 0.449 e. The maximum atomic E-state index is 13.8. The van der Waals surface area contributed by atoms with Crippen LogP contribution in [0.25, 0.3) is 0 Å². The van der Waals surface area contributed by atoms with Gasteiger partial charge < -0.3 is 14.6 Å². The Hall–Kier alpha value is -1.10. The summed E-state index contributed by atoms with van der Waals surface area (Å²) in [6.45, 7) is 0.392. The van der Waals surface area contributed by atoms with Crippen LogP contribution < -0.4 is 0 Å². The molecule has 0 aromatic heterocycles. The third-order valence-electron chi connectivity index (χ3n) is 3.27. The Labute approximate surface area is 120 Å². The third kappa shape index (κ3) is 2.87. The van der Waals surface area contributed by atoms with Crippen LogP contribution in [0.5, 0.6) is 0 Å². The lowest BCUT2D eigenvalue weighted by molar-refractivity contribution is -0.479. The molecule has 0 amide bonds. The minimum atomic E-state index is -6.08. The third-order valence-corrected chi connectivity index (χ3v) is 3.27. The van der Waals surface area contributed by atoms with E-state index in [1.54, 1.807) is 0 Å². The van der Waals surface area contributed by atoms with Gasteiger partial charge in [0.2, 0.25) is 6.10 Å². The number of carbonyl (C=O) groups excluding carboxylic acids is 1. The van der Waals surface area contributed by atoms with Crippen LogP contribution in [0, 0.1) is 5.92 Å². The summed E-state index contributed by atoms with van der Waals surface area (Å²) in [5, 5.41) is 9.03. The van der Waals surface area contributed by atoms with Gasteiger partial charge in [-0.05, 0) is 6.42 Å². The number of alkyl halides is 7.